The van der Waals surface area contributed by atoms with Gasteiger partial charge in [-0.05, 0) is 29.0 Å². The van der Waals surface area contributed by atoms with Crippen molar-refractivity contribution in [3.05, 3.63) is 39.7 Å². The second kappa shape index (κ2) is 5.74. The molecular formula is C12H16N6O2. The average molecular weight is 276 g/mol. The van der Waals surface area contributed by atoms with E-state index in [2.05, 4.69) is 20.8 Å². The first kappa shape index (κ1) is 14.1. The lowest BCUT2D eigenvalue weighted by atomic mass is 10.2. The predicted molar refractivity (Wildman–Crippen MR) is 72.5 cm³/mol. The van der Waals surface area contributed by atoms with E-state index in [4.69, 9.17) is 0 Å². The van der Waals surface area contributed by atoms with Gasteiger partial charge in [0, 0.05) is 18.2 Å². The molecule has 8 heteroatoms. The molecule has 106 valence electrons. The van der Waals surface area contributed by atoms with E-state index in [9.17, 15) is 10.1 Å². The van der Waals surface area contributed by atoms with Gasteiger partial charge in [0.05, 0.1) is 17.2 Å². The molecule has 0 radical (unpaired) electrons. The Morgan fingerprint density at radius 3 is 2.80 bits per heavy atom. The first-order valence-corrected chi connectivity index (χ1v) is 6.25. The van der Waals surface area contributed by atoms with Crippen molar-refractivity contribution in [3.63, 3.8) is 0 Å². The van der Waals surface area contributed by atoms with Crippen LogP contribution in [0.3, 0.4) is 0 Å². The minimum atomic E-state index is -0.419. The van der Waals surface area contributed by atoms with Gasteiger partial charge in [-0.25, -0.2) is 0 Å². The number of nitro groups is 1. The third kappa shape index (κ3) is 2.97. The Morgan fingerprint density at radius 1 is 1.45 bits per heavy atom. The quantitative estimate of drug-likeness (QED) is 0.654. The van der Waals surface area contributed by atoms with Gasteiger partial charge < -0.3 is 5.32 Å². The van der Waals surface area contributed by atoms with Gasteiger partial charge in [0.1, 0.15) is 0 Å². The standard InChI is InChI=1S/C12H16N6O2/c1-8(2)13-7-12-14-15-16-17(12)11-5-4-10(18(19)20)6-9(11)3/h4-6,8,13H,7H2,1-3H3. The molecule has 1 heterocycles. The summed E-state index contributed by atoms with van der Waals surface area (Å²) in [4.78, 5) is 10.3. The lowest BCUT2D eigenvalue weighted by molar-refractivity contribution is -0.384. The van der Waals surface area contributed by atoms with E-state index in [1.807, 2.05) is 13.8 Å². The zero-order valence-electron chi connectivity index (χ0n) is 11.6. The summed E-state index contributed by atoms with van der Waals surface area (Å²) in [7, 11) is 0. The number of benzene rings is 1. The number of tetrazole rings is 1. The van der Waals surface area contributed by atoms with E-state index < -0.39 is 4.92 Å². The van der Waals surface area contributed by atoms with Crippen LogP contribution in [0, 0.1) is 17.0 Å². The van der Waals surface area contributed by atoms with Crippen molar-refractivity contribution in [2.45, 2.75) is 33.4 Å². The fraction of sp³-hybridized carbons (Fsp3) is 0.417. The summed E-state index contributed by atoms with van der Waals surface area (Å²) in [5.41, 5.74) is 1.54. The van der Waals surface area contributed by atoms with Crippen molar-refractivity contribution < 1.29 is 4.92 Å². The highest BCUT2D eigenvalue weighted by atomic mass is 16.6. The Labute approximate surface area is 115 Å². The van der Waals surface area contributed by atoms with Gasteiger partial charge in [-0.15, -0.1) is 5.10 Å². The number of nitro benzene ring substituents is 1. The van der Waals surface area contributed by atoms with Crippen LogP contribution in [0.4, 0.5) is 5.69 Å². The first-order chi connectivity index (χ1) is 9.49. The molecule has 2 rings (SSSR count). The fourth-order valence-electron chi connectivity index (χ4n) is 1.79. The van der Waals surface area contributed by atoms with Crippen LogP contribution >= 0.6 is 0 Å². The smallest absolute Gasteiger partial charge is 0.269 e. The minimum Gasteiger partial charge on any atom is -0.308 e. The topological polar surface area (TPSA) is 98.8 Å². The van der Waals surface area contributed by atoms with Gasteiger partial charge in [0.2, 0.25) is 0 Å². The fourth-order valence-corrected chi connectivity index (χ4v) is 1.79. The number of aromatic nitrogens is 4. The van der Waals surface area contributed by atoms with Gasteiger partial charge in [-0.3, -0.25) is 10.1 Å². The number of aryl methyl sites for hydroxylation is 1. The summed E-state index contributed by atoms with van der Waals surface area (Å²) < 4.78 is 1.59. The predicted octanol–water partition coefficient (Wildman–Crippen LogP) is 1.38. The molecule has 0 bridgehead atoms. The van der Waals surface area contributed by atoms with Crippen molar-refractivity contribution in [2.75, 3.05) is 0 Å². The SMILES string of the molecule is Cc1cc([N+](=O)[O-])ccc1-n1nnnc1CNC(C)C. The van der Waals surface area contributed by atoms with Crippen LogP contribution in [-0.2, 0) is 6.54 Å². The van der Waals surface area contributed by atoms with E-state index in [1.54, 1.807) is 17.7 Å². The van der Waals surface area contributed by atoms with Crippen LogP contribution in [-0.4, -0.2) is 31.2 Å². The molecule has 0 aliphatic carbocycles. The molecule has 8 nitrogen and oxygen atoms in total. The summed E-state index contributed by atoms with van der Waals surface area (Å²) in [6.45, 7) is 6.39. The number of rotatable bonds is 5. The van der Waals surface area contributed by atoms with Crippen LogP contribution in [0.15, 0.2) is 18.2 Å². The van der Waals surface area contributed by atoms with Crippen molar-refractivity contribution in [2.24, 2.45) is 0 Å². The molecule has 0 aliphatic rings. The molecule has 0 aliphatic heterocycles. The van der Waals surface area contributed by atoms with E-state index in [-0.39, 0.29) is 5.69 Å². The molecule has 2 aromatic rings. The van der Waals surface area contributed by atoms with Crippen LogP contribution in [0.1, 0.15) is 25.2 Å². The lowest BCUT2D eigenvalue weighted by Gasteiger charge is -2.10. The number of hydrogen-bond donors (Lipinski definition) is 1. The van der Waals surface area contributed by atoms with E-state index in [0.29, 0.717) is 18.4 Å². The average Bonchev–Trinajstić information content (AvgIpc) is 2.84. The molecule has 0 atom stereocenters. The minimum absolute atomic E-state index is 0.0566. The maximum atomic E-state index is 10.7. The second-order valence-electron chi connectivity index (χ2n) is 4.77. The zero-order chi connectivity index (χ0) is 14.7. The summed E-state index contributed by atoms with van der Waals surface area (Å²) in [5.74, 6) is 0.663. The Bertz CT molecular complexity index is 622. The molecule has 0 saturated heterocycles. The van der Waals surface area contributed by atoms with Gasteiger partial charge >= 0.3 is 0 Å². The van der Waals surface area contributed by atoms with Crippen LogP contribution in [0.2, 0.25) is 0 Å². The Balaban J connectivity index is 2.32. The molecule has 0 unspecified atom stereocenters. The largest absolute Gasteiger partial charge is 0.308 e. The highest BCUT2D eigenvalue weighted by Crippen LogP contribution is 2.20. The van der Waals surface area contributed by atoms with E-state index in [0.717, 1.165) is 11.3 Å². The van der Waals surface area contributed by atoms with Crippen molar-refractivity contribution in [3.8, 4) is 5.69 Å². The third-order valence-electron chi connectivity index (χ3n) is 2.82. The molecule has 1 N–H and O–H groups in total. The molecule has 1 aromatic heterocycles. The van der Waals surface area contributed by atoms with Crippen LogP contribution < -0.4 is 5.32 Å². The maximum Gasteiger partial charge on any atom is 0.269 e. The van der Waals surface area contributed by atoms with E-state index >= 15 is 0 Å². The Hall–Kier alpha value is -2.35. The van der Waals surface area contributed by atoms with Gasteiger partial charge in [0.25, 0.3) is 5.69 Å². The highest BCUT2D eigenvalue weighted by molar-refractivity contribution is 5.47. The summed E-state index contributed by atoms with van der Waals surface area (Å²) in [6, 6.07) is 4.93. The number of nitrogens with zero attached hydrogens (tertiary/aromatic N) is 5. The Kier molecular flexibility index (Phi) is 4.04. The number of nitrogens with one attached hydrogen (secondary N) is 1. The van der Waals surface area contributed by atoms with Gasteiger partial charge in [-0.2, -0.15) is 4.68 Å². The highest BCUT2D eigenvalue weighted by Gasteiger charge is 2.13. The lowest BCUT2D eigenvalue weighted by Crippen LogP contribution is -2.24. The molecule has 0 spiro atoms. The van der Waals surface area contributed by atoms with Crippen LogP contribution in [0.25, 0.3) is 5.69 Å². The second-order valence-corrected chi connectivity index (χ2v) is 4.77. The zero-order valence-corrected chi connectivity index (χ0v) is 11.6. The van der Waals surface area contributed by atoms with Crippen molar-refractivity contribution in [1.82, 2.24) is 25.5 Å². The molecule has 0 amide bonds. The maximum absolute atomic E-state index is 10.7. The summed E-state index contributed by atoms with van der Waals surface area (Å²) in [6.07, 6.45) is 0. The monoisotopic (exact) mass is 276 g/mol. The third-order valence-corrected chi connectivity index (χ3v) is 2.82. The first-order valence-electron chi connectivity index (χ1n) is 6.25. The Morgan fingerprint density at radius 2 is 2.20 bits per heavy atom. The van der Waals surface area contributed by atoms with Crippen LogP contribution in [0.5, 0.6) is 0 Å². The molecule has 20 heavy (non-hydrogen) atoms. The molecule has 0 fully saturated rings. The summed E-state index contributed by atoms with van der Waals surface area (Å²) >= 11 is 0. The molecule has 0 saturated carbocycles. The van der Waals surface area contributed by atoms with Gasteiger partial charge in [0.15, 0.2) is 5.82 Å². The molecule has 1 aromatic carbocycles. The summed E-state index contributed by atoms with van der Waals surface area (Å²) in [5, 5.41) is 25.6. The number of hydrogen-bond acceptors (Lipinski definition) is 6. The molecular weight excluding hydrogens is 260 g/mol. The van der Waals surface area contributed by atoms with Crippen molar-refractivity contribution in [1.29, 1.82) is 0 Å². The van der Waals surface area contributed by atoms with Crippen molar-refractivity contribution >= 4 is 5.69 Å². The van der Waals surface area contributed by atoms with Gasteiger partial charge in [-0.1, -0.05) is 13.8 Å². The normalized spacial score (nSPS) is 11.0. The number of non-ortho nitro benzene ring substituents is 1. The van der Waals surface area contributed by atoms with E-state index in [1.165, 1.54) is 12.1 Å².